The van der Waals surface area contributed by atoms with Gasteiger partial charge in [0.05, 0.1) is 18.0 Å². The molecule has 0 atom stereocenters. The maximum absolute atomic E-state index is 6.84. The number of rotatable bonds is 7. The molecule has 2 nitrogen and oxygen atoms in total. The van der Waals surface area contributed by atoms with Crippen LogP contribution in [0.1, 0.15) is 33.6 Å². The second-order valence-electron chi connectivity index (χ2n) is 7.27. The molecule has 4 aromatic rings. The number of hydrogen-bond donors (Lipinski definition) is 0. The highest BCUT2D eigenvalue weighted by molar-refractivity contribution is 9.08. The molecule has 0 aliphatic carbocycles. The molecule has 150 valence electrons. The van der Waals surface area contributed by atoms with E-state index in [9.17, 15) is 0 Å². The summed E-state index contributed by atoms with van der Waals surface area (Å²) >= 11 is 3.54. The minimum absolute atomic E-state index is 0.402. The molecule has 1 aromatic heterocycles. The second kappa shape index (κ2) is 9.38. The first-order chi connectivity index (χ1) is 14.7. The molecule has 0 unspecified atom stereocenters. The molecule has 0 saturated carbocycles. The molecule has 1 heterocycles. The summed E-state index contributed by atoms with van der Waals surface area (Å²) in [7, 11) is 0. The standard InChI is InChI=1S/C27H24BrNO/c1-21-17-18-25(29-26(21)19-28)20-30-27(22-11-5-2-6-12-22,23-13-7-3-8-14-23)24-15-9-4-10-16-24/h2-18H,19-20H2,1H3. The van der Waals surface area contributed by atoms with Gasteiger partial charge in [-0.2, -0.15) is 0 Å². The van der Waals surface area contributed by atoms with Gasteiger partial charge in [-0.15, -0.1) is 0 Å². The number of aromatic nitrogens is 1. The smallest absolute Gasteiger partial charge is 0.144 e. The number of benzene rings is 3. The van der Waals surface area contributed by atoms with E-state index in [-0.39, 0.29) is 0 Å². The second-order valence-corrected chi connectivity index (χ2v) is 7.83. The molecule has 0 bridgehead atoms. The monoisotopic (exact) mass is 457 g/mol. The van der Waals surface area contributed by atoms with Crippen LogP contribution in [0.3, 0.4) is 0 Å². The zero-order valence-corrected chi connectivity index (χ0v) is 18.5. The number of pyridine rings is 1. The van der Waals surface area contributed by atoms with Gasteiger partial charge in [0.2, 0.25) is 0 Å². The van der Waals surface area contributed by atoms with E-state index in [1.807, 2.05) is 24.3 Å². The lowest BCUT2D eigenvalue weighted by Gasteiger charge is -2.36. The van der Waals surface area contributed by atoms with Crippen LogP contribution < -0.4 is 0 Å². The molecule has 0 aliphatic rings. The predicted molar refractivity (Wildman–Crippen MR) is 126 cm³/mol. The molecular weight excluding hydrogens is 434 g/mol. The third kappa shape index (κ3) is 4.09. The van der Waals surface area contributed by atoms with E-state index in [2.05, 4.69) is 102 Å². The third-order valence-electron chi connectivity index (χ3n) is 5.36. The van der Waals surface area contributed by atoms with Crippen molar-refractivity contribution in [3.63, 3.8) is 0 Å². The zero-order chi connectivity index (χ0) is 20.8. The molecule has 3 heteroatoms. The number of nitrogens with zero attached hydrogens (tertiary/aromatic N) is 1. The summed E-state index contributed by atoms with van der Waals surface area (Å²) in [5, 5.41) is 0.730. The Morgan fingerprint density at radius 1 is 0.700 bits per heavy atom. The lowest BCUT2D eigenvalue weighted by atomic mass is 9.80. The van der Waals surface area contributed by atoms with Crippen molar-refractivity contribution in [2.45, 2.75) is 24.5 Å². The fourth-order valence-electron chi connectivity index (χ4n) is 3.78. The van der Waals surface area contributed by atoms with Crippen LogP contribution in [0, 0.1) is 6.92 Å². The summed E-state index contributed by atoms with van der Waals surface area (Å²) in [5.74, 6) is 0. The molecule has 0 N–H and O–H groups in total. The van der Waals surface area contributed by atoms with Crippen molar-refractivity contribution in [2.75, 3.05) is 0 Å². The number of aryl methyl sites for hydroxylation is 1. The number of ether oxygens (including phenoxy) is 1. The van der Waals surface area contributed by atoms with Crippen molar-refractivity contribution in [1.29, 1.82) is 0 Å². The van der Waals surface area contributed by atoms with E-state index >= 15 is 0 Å². The van der Waals surface area contributed by atoms with Crippen molar-refractivity contribution in [1.82, 2.24) is 4.98 Å². The Bertz CT molecular complexity index is 985. The maximum atomic E-state index is 6.84. The van der Waals surface area contributed by atoms with Crippen molar-refractivity contribution in [2.24, 2.45) is 0 Å². The minimum Gasteiger partial charge on any atom is -0.355 e. The minimum atomic E-state index is -0.731. The van der Waals surface area contributed by atoms with Crippen molar-refractivity contribution in [3.05, 3.63) is 137 Å². The highest BCUT2D eigenvalue weighted by Gasteiger charge is 2.37. The highest BCUT2D eigenvalue weighted by Crippen LogP contribution is 2.41. The van der Waals surface area contributed by atoms with Gasteiger partial charge in [-0.25, -0.2) is 0 Å². The molecule has 0 aliphatic heterocycles. The Balaban J connectivity index is 1.85. The third-order valence-corrected chi connectivity index (χ3v) is 5.89. The first-order valence-electron chi connectivity index (χ1n) is 10.1. The number of hydrogen-bond acceptors (Lipinski definition) is 2. The Morgan fingerprint density at radius 2 is 1.17 bits per heavy atom. The van der Waals surface area contributed by atoms with Crippen molar-refractivity contribution < 1.29 is 4.74 Å². The van der Waals surface area contributed by atoms with E-state index < -0.39 is 5.60 Å². The van der Waals surface area contributed by atoms with E-state index in [4.69, 9.17) is 9.72 Å². The van der Waals surface area contributed by atoms with Gasteiger partial charge in [0, 0.05) is 5.33 Å². The summed E-state index contributed by atoms with van der Waals surface area (Å²) in [6.45, 7) is 2.48. The summed E-state index contributed by atoms with van der Waals surface area (Å²) < 4.78 is 6.84. The van der Waals surface area contributed by atoms with Crippen LogP contribution in [0.2, 0.25) is 0 Å². The van der Waals surface area contributed by atoms with Crippen molar-refractivity contribution >= 4 is 15.9 Å². The van der Waals surface area contributed by atoms with Crippen LogP contribution in [0.15, 0.2) is 103 Å². The average Bonchev–Trinajstić information content (AvgIpc) is 2.82. The first-order valence-corrected chi connectivity index (χ1v) is 11.2. The van der Waals surface area contributed by atoms with Crippen LogP contribution in [-0.2, 0) is 22.3 Å². The van der Waals surface area contributed by atoms with E-state index in [1.165, 1.54) is 5.56 Å². The molecule has 0 amide bonds. The van der Waals surface area contributed by atoms with Gasteiger partial charge >= 0.3 is 0 Å². The van der Waals surface area contributed by atoms with Gasteiger partial charge in [-0.3, -0.25) is 4.98 Å². The lowest BCUT2D eigenvalue weighted by molar-refractivity contribution is -0.00146. The van der Waals surface area contributed by atoms with Gasteiger partial charge in [-0.1, -0.05) is 113 Å². The SMILES string of the molecule is Cc1ccc(COC(c2ccccc2)(c2ccccc2)c2ccccc2)nc1CBr. The number of alkyl halides is 1. The fourth-order valence-corrected chi connectivity index (χ4v) is 4.35. The summed E-state index contributed by atoms with van der Waals surface area (Å²) in [6, 6.07) is 35.4. The van der Waals surface area contributed by atoms with Gasteiger partial charge < -0.3 is 4.74 Å². The average molecular weight is 458 g/mol. The quantitative estimate of drug-likeness (QED) is 0.225. The molecule has 0 spiro atoms. The van der Waals surface area contributed by atoms with E-state index in [1.54, 1.807) is 0 Å². The molecule has 0 fully saturated rings. The van der Waals surface area contributed by atoms with Crippen LogP contribution in [-0.4, -0.2) is 4.98 Å². The normalized spacial score (nSPS) is 11.4. The van der Waals surface area contributed by atoms with Crippen molar-refractivity contribution in [3.8, 4) is 0 Å². The summed E-state index contributed by atoms with van der Waals surface area (Å²) in [6.07, 6.45) is 0. The van der Waals surface area contributed by atoms with Crippen LogP contribution in [0.25, 0.3) is 0 Å². The van der Waals surface area contributed by atoms with Gasteiger partial charge in [0.15, 0.2) is 0 Å². The molecular formula is C27H24BrNO. The summed E-state index contributed by atoms with van der Waals surface area (Å²) in [5.41, 5.74) is 5.69. The zero-order valence-electron chi connectivity index (χ0n) is 17.0. The highest BCUT2D eigenvalue weighted by atomic mass is 79.9. The summed E-state index contributed by atoms with van der Waals surface area (Å²) in [4.78, 5) is 4.80. The molecule has 0 radical (unpaired) electrons. The van der Waals surface area contributed by atoms with E-state index in [0.717, 1.165) is 33.4 Å². The molecule has 3 aromatic carbocycles. The van der Waals surface area contributed by atoms with E-state index in [0.29, 0.717) is 6.61 Å². The maximum Gasteiger partial charge on any atom is 0.144 e. The predicted octanol–water partition coefficient (Wildman–Crippen LogP) is 6.79. The van der Waals surface area contributed by atoms with Crippen LogP contribution >= 0.6 is 15.9 Å². The Hall–Kier alpha value is -2.75. The van der Waals surface area contributed by atoms with Crippen LogP contribution in [0.5, 0.6) is 0 Å². The van der Waals surface area contributed by atoms with Crippen LogP contribution in [0.4, 0.5) is 0 Å². The number of halogens is 1. The molecule has 4 rings (SSSR count). The fraction of sp³-hybridized carbons (Fsp3) is 0.148. The lowest BCUT2D eigenvalue weighted by Crippen LogP contribution is -2.33. The first kappa shape index (κ1) is 20.5. The van der Waals surface area contributed by atoms with Gasteiger partial charge in [-0.05, 0) is 35.2 Å². The Morgan fingerprint density at radius 3 is 1.60 bits per heavy atom. The van der Waals surface area contributed by atoms with Gasteiger partial charge in [0.1, 0.15) is 5.60 Å². The molecule has 0 saturated heterocycles. The van der Waals surface area contributed by atoms with Gasteiger partial charge in [0.25, 0.3) is 0 Å². The Kier molecular flexibility index (Phi) is 6.41. The Labute approximate surface area is 186 Å². The molecule has 30 heavy (non-hydrogen) atoms. The topological polar surface area (TPSA) is 22.1 Å². The largest absolute Gasteiger partial charge is 0.355 e.